The molecule has 28 heavy (non-hydrogen) atoms. The smallest absolute Gasteiger partial charge is 0.267 e. The van der Waals surface area contributed by atoms with E-state index in [-0.39, 0.29) is 5.91 Å². The highest BCUT2D eigenvalue weighted by atomic mass is 35.5. The molecule has 2 aromatic carbocycles. The lowest BCUT2D eigenvalue weighted by Crippen LogP contribution is -2.10. The molecule has 0 bridgehead atoms. The Morgan fingerprint density at radius 1 is 1.07 bits per heavy atom. The zero-order valence-corrected chi connectivity index (χ0v) is 16.9. The number of carbonyl (C=O) groups is 1. The van der Waals surface area contributed by atoms with Gasteiger partial charge in [-0.05, 0) is 37.3 Å². The average molecular weight is 426 g/mol. The van der Waals surface area contributed by atoms with Crippen LogP contribution in [0.25, 0.3) is 25.6 Å². The van der Waals surface area contributed by atoms with Gasteiger partial charge >= 0.3 is 0 Å². The van der Waals surface area contributed by atoms with E-state index < -0.39 is 0 Å². The van der Waals surface area contributed by atoms with Crippen LogP contribution in [-0.2, 0) is 0 Å². The number of thiophene rings is 1. The molecule has 5 aromatic rings. The molecule has 1 amide bonds. The maximum Gasteiger partial charge on any atom is 0.267 e. The maximum atomic E-state index is 12.7. The van der Waals surface area contributed by atoms with Crippen molar-refractivity contribution in [2.24, 2.45) is 0 Å². The number of nitrogens with one attached hydrogen (secondary N) is 1. The minimum Gasteiger partial charge on any atom is -0.321 e. The Morgan fingerprint density at radius 3 is 2.61 bits per heavy atom. The second kappa shape index (κ2) is 6.66. The van der Waals surface area contributed by atoms with E-state index in [0.29, 0.717) is 15.6 Å². The molecule has 9 heteroatoms. The lowest BCUT2D eigenvalue weighted by atomic mass is 10.2. The Hall–Kier alpha value is -2.81. The molecule has 3 heterocycles. The lowest BCUT2D eigenvalue weighted by Gasteiger charge is -2.05. The summed E-state index contributed by atoms with van der Waals surface area (Å²) in [5, 5.41) is 17.7. The summed E-state index contributed by atoms with van der Waals surface area (Å²) in [5.41, 5.74) is 1.65. The van der Waals surface area contributed by atoms with Gasteiger partial charge in [0.1, 0.15) is 9.88 Å². The Morgan fingerprint density at radius 2 is 1.86 bits per heavy atom. The Kier molecular flexibility index (Phi) is 4.12. The third kappa shape index (κ3) is 2.86. The fourth-order valence-electron chi connectivity index (χ4n) is 2.88. The number of halogens is 1. The number of hydrogen-bond acceptors (Lipinski definition) is 6. The largest absolute Gasteiger partial charge is 0.321 e. The number of aryl methyl sites for hydroxylation is 1. The third-order valence-corrected chi connectivity index (χ3v) is 6.90. The summed E-state index contributed by atoms with van der Waals surface area (Å²) in [6.07, 6.45) is 0. The first kappa shape index (κ1) is 17.3. The molecule has 6 nitrogen and oxygen atoms in total. The van der Waals surface area contributed by atoms with Crippen LogP contribution in [0.1, 0.15) is 15.5 Å². The van der Waals surface area contributed by atoms with Crippen molar-refractivity contribution in [3.63, 3.8) is 0 Å². The first-order chi connectivity index (χ1) is 13.6. The van der Waals surface area contributed by atoms with Crippen molar-refractivity contribution in [2.45, 2.75) is 6.92 Å². The number of amides is 1. The molecule has 0 spiro atoms. The van der Waals surface area contributed by atoms with Gasteiger partial charge in [0.15, 0.2) is 5.82 Å². The molecule has 0 unspecified atom stereocenters. The monoisotopic (exact) mass is 425 g/mol. The van der Waals surface area contributed by atoms with Crippen LogP contribution in [0.15, 0.2) is 48.5 Å². The van der Waals surface area contributed by atoms with E-state index in [2.05, 4.69) is 20.6 Å². The van der Waals surface area contributed by atoms with Crippen molar-refractivity contribution in [1.82, 2.24) is 19.8 Å². The third-order valence-electron chi connectivity index (χ3n) is 4.28. The van der Waals surface area contributed by atoms with Gasteiger partial charge in [0.25, 0.3) is 5.91 Å². The van der Waals surface area contributed by atoms with Gasteiger partial charge < -0.3 is 5.32 Å². The van der Waals surface area contributed by atoms with Gasteiger partial charge in [-0.1, -0.05) is 41.1 Å². The molecular formula is C19H12ClN5OS2. The lowest BCUT2D eigenvalue weighted by molar-refractivity contribution is 0.103. The van der Waals surface area contributed by atoms with Crippen LogP contribution in [0.3, 0.4) is 0 Å². The van der Waals surface area contributed by atoms with Crippen LogP contribution < -0.4 is 5.32 Å². The number of anilines is 1. The van der Waals surface area contributed by atoms with E-state index in [1.807, 2.05) is 55.5 Å². The Balaban J connectivity index is 1.39. The topological polar surface area (TPSA) is 72.2 Å². The predicted molar refractivity (Wildman–Crippen MR) is 114 cm³/mol. The summed E-state index contributed by atoms with van der Waals surface area (Å²) in [6, 6.07) is 15.3. The van der Waals surface area contributed by atoms with Gasteiger partial charge in [0.05, 0.1) is 5.02 Å². The molecule has 138 valence electrons. The fraction of sp³-hybridized carbons (Fsp3) is 0.0526. The van der Waals surface area contributed by atoms with E-state index >= 15 is 0 Å². The van der Waals surface area contributed by atoms with Crippen molar-refractivity contribution in [3.8, 4) is 10.6 Å². The second-order valence-corrected chi connectivity index (χ2v) is 8.51. The summed E-state index contributed by atoms with van der Waals surface area (Å²) in [7, 11) is 0. The molecule has 0 aliphatic heterocycles. The summed E-state index contributed by atoms with van der Waals surface area (Å²) < 4.78 is 2.71. The van der Waals surface area contributed by atoms with Crippen molar-refractivity contribution in [1.29, 1.82) is 0 Å². The van der Waals surface area contributed by atoms with Gasteiger partial charge in [-0.25, -0.2) is 0 Å². The summed E-state index contributed by atoms with van der Waals surface area (Å²) >= 11 is 9.25. The Labute approximate surface area is 172 Å². The standard InChI is InChI=1S/C19H12ClN5OS2/c1-10-22-23-19-25(10)24-18(28-19)11-6-8-12(9-7-11)21-17(26)16-15(20)13-4-2-3-5-14(13)27-16/h2-9H,1H3,(H,21,26). The van der Waals surface area contributed by atoms with Crippen molar-refractivity contribution in [2.75, 3.05) is 5.32 Å². The molecule has 0 fully saturated rings. The first-order valence-corrected chi connectivity index (χ1v) is 10.4. The van der Waals surface area contributed by atoms with Crippen LogP contribution in [-0.4, -0.2) is 25.7 Å². The fourth-order valence-corrected chi connectivity index (χ4v) is 5.18. The SMILES string of the molecule is Cc1nnc2sc(-c3ccc(NC(=O)c4sc5ccccc5c4Cl)cc3)nn12. The number of hydrogen-bond donors (Lipinski definition) is 1. The average Bonchev–Trinajstić information content (AvgIpc) is 3.38. The number of benzene rings is 2. The quantitative estimate of drug-likeness (QED) is 0.426. The number of rotatable bonds is 3. The first-order valence-electron chi connectivity index (χ1n) is 8.38. The predicted octanol–water partition coefficient (Wildman–Crippen LogP) is 5.28. The molecule has 0 aliphatic rings. The number of nitrogens with zero attached hydrogens (tertiary/aromatic N) is 4. The number of carbonyl (C=O) groups excluding carboxylic acids is 1. The van der Waals surface area contributed by atoms with Gasteiger partial charge in [0, 0.05) is 21.3 Å². The second-order valence-electron chi connectivity index (χ2n) is 6.12. The van der Waals surface area contributed by atoms with Gasteiger partial charge in [-0.3, -0.25) is 4.79 Å². The van der Waals surface area contributed by atoms with Crippen LogP contribution in [0, 0.1) is 6.92 Å². The molecule has 0 saturated heterocycles. The van der Waals surface area contributed by atoms with Crippen LogP contribution in [0.2, 0.25) is 5.02 Å². The molecule has 0 aliphatic carbocycles. The minimum absolute atomic E-state index is 0.214. The van der Waals surface area contributed by atoms with Crippen molar-refractivity contribution < 1.29 is 4.79 Å². The highest BCUT2D eigenvalue weighted by molar-refractivity contribution is 7.21. The van der Waals surface area contributed by atoms with Crippen molar-refractivity contribution in [3.05, 3.63) is 64.3 Å². The zero-order valence-electron chi connectivity index (χ0n) is 14.5. The summed E-state index contributed by atoms with van der Waals surface area (Å²) in [6.45, 7) is 1.86. The summed E-state index contributed by atoms with van der Waals surface area (Å²) in [5.74, 6) is 0.537. The van der Waals surface area contributed by atoms with Crippen LogP contribution in [0.4, 0.5) is 5.69 Å². The molecular weight excluding hydrogens is 414 g/mol. The van der Waals surface area contributed by atoms with Crippen molar-refractivity contribution >= 4 is 60.9 Å². The number of fused-ring (bicyclic) bond motifs is 2. The normalized spacial score (nSPS) is 11.4. The maximum absolute atomic E-state index is 12.7. The molecule has 0 saturated carbocycles. The van der Waals surface area contributed by atoms with E-state index in [9.17, 15) is 4.79 Å². The molecule has 3 aromatic heterocycles. The van der Waals surface area contributed by atoms with Crippen LogP contribution >= 0.6 is 34.3 Å². The molecule has 0 atom stereocenters. The van der Waals surface area contributed by atoms with E-state index in [0.717, 1.165) is 31.4 Å². The van der Waals surface area contributed by atoms with Gasteiger partial charge in [0.2, 0.25) is 4.96 Å². The molecule has 1 N–H and O–H groups in total. The van der Waals surface area contributed by atoms with E-state index in [4.69, 9.17) is 11.6 Å². The zero-order chi connectivity index (χ0) is 19.3. The molecule has 0 radical (unpaired) electrons. The highest BCUT2D eigenvalue weighted by Crippen LogP contribution is 2.35. The van der Waals surface area contributed by atoms with E-state index in [1.54, 1.807) is 4.52 Å². The van der Waals surface area contributed by atoms with Crippen LogP contribution in [0.5, 0.6) is 0 Å². The van der Waals surface area contributed by atoms with Gasteiger partial charge in [-0.2, -0.15) is 9.61 Å². The molecule has 5 rings (SSSR count). The van der Waals surface area contributed by atoms with Gasteiger partial charge in [-0.15, -0.1) is 21.5 Å². The highest BCUT2D eigenvalue weighted by Gasteiger charge is 2.17. The minimum atomic E-state index is -0.214. The van der Waals surface area contributed by atoms with E-state index in [1.165, 1.54) is 22.7 Å². The summed E-state index contributed by atoms with van der Waals surface area (Å²) in [4.78, 5) is 13.9. The number of aromatic nitrogens is 4. The Bertz CT molecular complexity index is 1340.